The Kier molecular flexibility index (Phi) is 7.15. The number of unbranched alkanes of at least 4 members (excludes halogenated alkanes) is 2. The van der Waals surface area contributed by atoms with Gasteiger partial charge in [-0.25, -0.2) is 4.39 Å². The highest BCUT2D eigenvalue weighted by Crippen LogP contribution is 2.25. The van der Waals surface area contributed by atoms with Crippen LogP contribution in [0.25, 0.3) is 0 Å². The zero-order valence-electron chi connectivity index (χ0n) is 13.0. The van der Waals surface area contributed by atoms with Crippen molar-refractivity contribution >= 4 is 5.91 Å². The van der Waals surface area contributed by atoms with Gasteiger partial charge in [-0.1, -0.05) is 25.8 Å². The monoisotopic (exact) mass is 296 g/mol. The highest BCUT2D eigenvalue weighted by atomic mass is 19.1. The van der Waals surface area contributed by atoms with E-state index < -0.39 is 11.9 Å². The van der Waals surface area contributed by atoms with Crippen molar-refractivity contribution in [3.8, 4) is 5.75 Å². The molecule has 3 N–H and O–H groups in total. The molecule has 1 aromatic carbocycles. The summed E-state index contributed by atoms with van der Waals surface area (Å²) in [7, 11) is 0. The van der Waals surface area contributed by atoms with Crippen LogP contribution >= 0.6 is 0 Å². The van der Waals surface area contributed by atoms with Crippen LogP contribution in [0.5, 0.6) is 5.75 Å². The molecular formula is C16H25FN2O2. The second kappa shape index (κ2) is 8.62. The van der Waals surface area contributed by atoms with Gasteiger partial charge in [-0.15, -0.1) is 0 Å². The second-order valence-electron chi connectivity index (χ2n) is 5.23. The third kappa shape index (κ3) is 5.71. The number of amides is 1. The number of rotatable bonds is 8. The van der Waals surface area contributed by atoms with Crippen molar-refractivity contribution in [2.75, 3.05) is 6.54 Å². The van der Waals surface area contributed by atoms with E-state index in [1.54, 1.807) is 19.9 Å². The minimum atomic E-state index is -0.689. The lowest BCUT2D eigenvalue weighted by Gasteiger charge is -2.18. The van der Waals surface area contributed by atoms with Crippen molar-refractivity contribution in [3.05, 3.63) is 29.6 Å². The van der Waals surface area contributed by atoms with Gasteiger partial charge in [0.2, 0.25) is 0 Å². The fourth-order valence-corrected chi connectivity index (χ4v) is 1.96. The van der Waals surface area contributed by atoms with Crippen LogP contribution in [0.3, 0.4) is 0 Å². The quantitative estimate of drug-likeness (QED) is 0.725. The zero-order chi connectivity index (χ0) is 15.8. The van der Waals surface area contributed by atoms with Crippen LogP contribution in [0.15, 0.2) is 18.2 Å². The molecule has 1 aromatic rings. The maximum atomic E-state index is 13.3. The lowest BCUT2D eigenvalue weighted by atomic mass is 10.1. The van der Waals surface area contributed by atoms with E-state index in [0.29, 0.717) is 17.9 Å². The Labute approximate surface area is 125 Å². The van der Waals surface area contributed by atoms with E-state index in [4.69, 9.17) is 10.5 Å². The molecule has 0 spiro atoms. The molecule has 0 aliphatic rings. The number of carbonyl (C=O) groups excluding carboxylic acids is 1. The first-order chi connectivity index (χ1) is 9.95. The third-order valence-electron chi connectivity index (χ3n) is 3.22. The highest BCUT2D eigenvalue weighted by molar-refractivity contribution is 5.80. The number of ether oxygens (including phenoxy) is 1. The first-order valence-corrected chi connectivity index (χ1v) is 7.45. The number of hydrogen-bond donors (Lipinski definition) is 2. The van der Waals surface area contributed by atoms with Crippen LogP contribution in [-0.2, 0) is 4.79 Å². The van der Waals surface area contributed by atoms with Crippen molar-refractivity contribution in [1.82, 2.24) is 5.32 Å². The summed E-state index contributed by atoms with van der Waals surface area (Å²) in [5.74, 6) is -0.294. The number of carbonyl (C=O) groups is 1. The van der Waals surface area contributed by atoms with Gasteiger partial charge in [0.15, 0.2) is 6.10 Å². The average molecular weight is 296 g/mol. The van der Waals surface area contributed by atoms with E-state index in [0.717, 1.165) is 19.3 Å². The minimum Gasteiger partial charge on any atom is -0.480 e. The molecule has 0 saturated heterocycles. The molecule has 1 unspecified atom stereocenters. The molecule has 5 heteroatoms. The lowest BCUT2D eigenvalue weighted by Crippen LogP contribution is -2.37. The molecule has 0 aliphatic heterocycles. The molecular weight excluding hydrogens is 271 g/mol. The Morgan fingerprint density at radius 1 is 1.38 bits per heavy atom. The summed E-state index contributed by atoms with van der Waals surface area (Å²) in [6.07, 6.45) is 2.43. The maximum absolute atomic E-state index is 13.3. The van der Waals surface area contributed by atoms with Crippen molar-refractivity contribution in [2.24, 2.45) is 5.73 Å². The summed E-state index contributed by atoms with van der Waals surface area (Å²) in [6.45, 7) is 6.16. The first-order valence-electron chi connectivity index (χ1n) is 7.45. The molecule has 1 rings (SSSR count). The third-order valence-corrected chi connectivity index (χ3v) is 3.22. The normalized spacial score (nSPS) is 13.6. The molecule has 4 nitrogen and oxygen atoms in total. The van der Waals surface area contributed by atoms with Gasteiger partial charge in [-0.2, -0.15) is 0 Å². The Balaban J connectivity index is 2.63. The smallest absolute Gasteiger partial charge is 0.260 e. The topological polar surface area (TPSA) is 64.3 Å². The van der Waals surface area contributed by atoms with Gasteiger partial charge in [0.25, 0.3) is 5.91 Å². The molecule has 118 valence electrons. The van der Waals surface area contributed by atoms with Gasteiger partial charge in [-0.05, 0) is 26.3 Å². The summed E-state index contributed by atoms with van der Waals surface area (Å²) < 4.78 is 18.9. The summed E-state index contributed by atoms with van der Waals surface area (Å²) in [4.78, 5) is 11.9. The maximum Gasteiger partial charge on any atom is 0.260 e. The van der Waals surface area contributed by atoms with Crippen molar-refractivity contribution in [1.29, 1.82) is 0 Å². The van der Waals surface area contributed by atoms with Gasteiger partial charge in [0.1, 0.15) is 11.6 Å². The number of nitrogens with one attached hydrogen (secondary N) is 1. The van der Waals surface area contributed by atoms with E-state index in [-0.39, 0.29) is 11.9 Å². The van der Waals surface area contributed by atoms with E-state index in [1.807, 2.05) is 0 Å². The van der Waals surface area contributed by atoms with Crippen LogP contribution in [0, 0.1) is 5.82 Å². The fourth-order valence-electron chi connectivity index (χ4n) is 1.96. The van der Waals surface area contributed by atoms with Crippen molar-refractivity contribution in [2.45, 2.75) is 52.2 Å². The predicted molar refractivity (Wildman–Crippen MR) is 81.6 cm³/mol. The summed E-state index contributed by atoms with van der Waals surface area (Å²) in [6, 6.07) is 3.89. The van der Waals surface area contributed by atoms with Gasteiger partial charge in [0, 0.05) is 24.2 Å². The van der Waals surface area contributed by atoms with Gasteiger partial charge in [-0.3, -0.25) is 4.79 Å². The Hall–Kier alpha value is -1.62. The molecule has 0 fully saturated rings. The Bertz CT molecular complexity index is 464. The zero-order valence-corrected chi connectivity index (χ0v) is 13.0. The molecule has 0 aliphatic carbocycles. The molecule has 0 aromatic heterocycles. The standard InChI is InChI=1S/C16H25FN2O2/c1-4-5-6-9-19-16(20)12(3)21-15-10-13(17)7-8-14(15)11(2)18/h7-8,10-12H,4-6,9,18H2,1-3H3,(H,19,20)/t11-,12?/m0/s1. The predicted octanol–water partition coefficient (Wildman–Crippen LogP) is 2.92. The largest absolute Gasteiger partial charge is 0.480 e. The number of benzene rings is 1. The van der Waals surface area contributed by atoms with Crippen LogP contribution in [0.4, 0.5) is 4.39 Å². The van der Waals surface area contributed by atoms with Crippen LogP contribution in [-0.4, -0.2) is 18.6 Å². The molecule has 2 atom stereocenters. The highest BCUT2D eigenvalue weighted by Gasteiger charge is 2.17. The first kappa shape index (κ1) is 17.4. The van der Waals surface area contributed by atoms with E-state index in [9.17, 15) is 9.18 Å². The van der Waals surface area contributed by atoms with Crippen molar-refractivity contribution < 1.29 is 13.9 Å². The molecule has 1 amide bonds. The molecule has 0 radical (unpaired) electrons. The number of hydrogen-bond acceptors (Lipinski definition) is 3. The second-order valence-corrected chi connectivity index (χ2v) is 5.23. The molecule has 0 heterocycles. The lowest BCUT2D eigenvalue weighted by molar-refractivity contribution is -0.127. The van der Waals surface area contributed by atoms with Crippen LogP contribution < -0.4 is 15.8 Å². The van der Waals surface area contributed by atoms with Gasteiger partial charge < -0.3 is 15.8 Å². The van der Waals surface area contributed by atoms with Crippen LogP contribution in [0.2, 0.25) is 0 Å². The number of nitrogens with two attached hydrogens (primary N) is 1. The van der Waals surface area contributed by atoms with Gasteiger partial charge >= 0.3 is 0 Å². The van der Waals surface area contributed by atoms with E-state index in [1.165, 1.54) is 12.1 Å². The summed E-state index contributed by atoms with van der Waals surface area (Å²) >= 11 is 0. The van der Waals surface area contributed by atoms with E-state index >= 15 is 0 Å². The Morgan fingerprint density at radius 3 is 2.71 bits per heavy atom. The molecule has 0 bridgehead atoms. The molecule has 21 heavy (non-hydrogen) atoms. The summed E-state index contributed by atoms with van der Waals surface area (Å²) in [5.41, 5.74) is 6.51. The van der Waals surface area contributed by atoms with E-state index in [2.05, 4.69) is 12.2 Å². The SMILES string of the molecule is CCCCCNC(=O)C(C)Oc1cc(F)ccc1[C@H](C)N. The number of halogens is 1. The van der Waals surface area contributed by atoms with Gasteiger partial charge in [0.05, 0.1) is 0 Å². The summed E-state index contributed by atoms with van der Waals surface area (Å²) in [5, 5.41) is 2.81. The molecule has 0 saturated carbocycles. The van der Waals surface area contributed by atoms with Crippen molar-refractivity contribution in [3.63, 3.8) is 0 Å². The fraction of sp³-hybridized carbons (Fsp3) is 0.562. The van der Waals surface area contributed by atoms with Crippen LogP contribution in [0.1, 0.15) is 51.6 Å². The Morgan fingerprint density at radius 2 is 2.10 bits per heavy atom. The minimum absolute atomic E-state index is 0.203. The average Bonchev–Trinajstić information content (AvgIpc) is 2.43.